The van der Waals surface area contributed by atoms with Crippen LogP contribution in [0.1, 0.15) is 26.2 Å². The molecule has 5 heteroatoms. The maximum Gasteiger partial charge on any atom is 0.222 e. The molecule has 3 atom stereocenters. The van der Waals surface area contributed by atoms with Crippen molar-refractivity contribution in [3.05, 3.63) is 0 Å². The van der Waals surface area contributed by atoms with E-state index in [1.165, 1.54) is 0 Å². The molecule has 1 fully saturated rings. The molecule has 0 aliphatic carbocycles. The molecule has 0 aromatic carbocycles. The first-order chi connectivity index (χ1) is 8.43. The van der Waals surface area contributed by atoms with Crippen LogP contribution in [0.2, 0.25) is 0 Å². The average molecular weight is 257 g/mol. The third-order valence-corrected chi connectivity index (χ3v) is 3.54. The first-order valence-corrected chi connectivity index (χ1v) is 6.76. The van der Waals surface area contributed by atoms with E-state index >= 15 is 0 Å². The highest BCUT2D eigenvalue weighted by Crippen LogP contribution is 2.20. The number of nitrogens with two attached hydrogens (primary N) is 1. The van der Waals surface area contributed by atoms with Crippen LogP contribution in [-0.4, -0.2) is 66.7 Å². The van der Waals surface area contributed by atoms with Crippen LogP contribution in [0, 0.1) is 5.92 Å². The molecule has 1 aliphatic heterocycles. The van der Waals surface area contributed by atoms with E-state index in [1.54, 1.807) is 0 Å². The Labute approximate surface area is 110 Å². The van der Waals surface area contributed by atoms with Crippen molar-refractivity contribution >= 4 is 5.91 Å². The number of likely N-dealkylation sites (tertiary alicyclic amines) is 1. The summed E-state index contributed by atoms with van der Waals surface area (Å²) >= 11 is 0. The molecular weight excluding hydrogens is 230 g/mol. The lowest BCUT2D eigenvalue weighted by atomic mass is 10.1. The zero-order valence-electron chi connectivity index (χ0n) is 11.8. The molecule has 0 radical (unpaired) electrons. The minimum absolute atomic E-state index is 0.149. The van der Waals surface area contributed by atoms with Gasteiger partial charge in [0.25, 0.3) is 0 Å². The van der Waals surface area contributed by atoms with Crippen LogP contribution >= 0.6 is 0 Å². The largest absolute Gasteiger partial charge is 0.391 e. The first kappa shape index (κ1) is 15.4. The van der Waals surface area contributed by atoms with E-state index in [2.05, 4.69) is 11.8 Å². The van der Waals surface area contributed by atoms with Crippen LogP contribution in [0.3, 0.4) is 0 Å². The lowest BCUT2D eigenvalue weighted by molar-refractivity contribution is -0.132. The molecule has 1 aliphatic rings. The van der Waals surface area contributed by atoms with Crippen molar-refractivity contribution in [3.8, 4) is 0 Å². The molecule has 1 saturated heterocycles. The van der Waals surface area contributed by atoms with Gasteiger partial charge in [0, 0.05) is 25.6 Å². The van der Waals surface area contributed by atoms with Crippen molar-refractivity contribution in [2.75, 3.05) is 33.7 Å². The number of hydrogen-bond donors (Lipinski definition) is 2. The van der Waals surface area contributed by atoms with Gasteiger partial charge in [-0.2, -0.15) is 0 Å². The second kappa shape index (κ2) is 7.07. The van der Waals surface area contributed by atoms with Crippen LogP contribution in [0.25, 0.3) is 0 Å². The van der Waals surface area contributed by atoms with Crippen molar-refractivity contribution < 1.29 is 9.90 Å². The summed E-state index contributed by atoms with van der Waals surface area (Å²) in [6.45, 7) is 3.98. The quantitative estimate of drug-likeness (QED) is 0.696. The van der Waals surface area contributed by atoms with Gasteiger partial charge in [-0.3, -0.25) is 4.79 Å². The third kappa shape index (κ3) is 4.55. The molecule has 18 heavy (non-hydrogen) atoms. The van der Waals surface area contributed by atoms with Gasteiger partial charge in [0.15, 0.2) is 0 Å². The average Bonchev–Trinajstić information content (AvgIpc) is 2.65. The molecule has 3 N–H and O–H groups in total. The van der Waals surface area contributed by atoms with E-state index in [4.69, 9.17) is 5.73 Å². The summed E-state index contributed by atoms with van der Waals surface area (Å²) in [7, 11) is 3.98. The number of β-amino-alcohol motifs (C(OH)–C–C–N with tert-alkyl or cyclic N) is 1. The predicted molar refractivity (Wildman–Crippen MR) is 72.1 cm³/mol. The first-order valence-electron chi connectivity index (χ1n) is 6.76. The molecule has 0 saturated carbocycles. The Bertz CT molecular complexity index is 271. The molecule has 0 aromatic heterocycles. The number of carbonyl (C=O) groups excluding carboxylic acids is 1. The van der Waals surface area contributed by atoms with Gasteiger partial charge in [0.05, 0.1) is 6.10 Å². The minimum atomic E-state index is -0.370. The number of carbonyl (C=O) groups is 1. The van der Waals surface area contributed by atoms with Crippen molar-refractivity contribution in [3.63, 3.8) is 0 Å². The molecule has 0 bridgehead atoms. The topological polar surface area (TPSA) is 69.8 Å². The molecule has 1 heterocycles. The van der Waals surface area contributed by atoms with Crippen molar-refractivity contribution in [1.82, 2.24) is 9.80 Å². The summed E-state index contributed by atoms with van der Waals surface area (Å²) in [4.78, 5) is 16.1. The summed E-state index contributed by atoms with van der Waals surface area (Å²) in [6.07, 6.45) is 1.69. The van der Waals surface area contributed by atoms with E-state index in [-0.39, 0.29) is 18.1 Å². The number of hydrogen-bond acceptors (Lipinski definition) is 4. The Kier molecular flexibility index (Phi) is 6.05. The fourth-order valence-corrected chi connectivity index (χ4v) is 2.42. The van der Waals surface area contributed by atoms with Crippen molar-refractivity contribution in [2.24, 2.45) is 11.7 Å². The number of aliphatic hydroxyl groups excluding tert-OH is 1. The highest BCUT2D eigenvalue weighted by atomic mass is 16.3. The number of rotatable bonds is 6. The van der Waals surface area contributed by atoms with Gasteiger partial charge in [-0.05, 0) is 39.4 Å². The fraction of sp³-hybridized carbons (Fsp3) is 0.923. The van der Waals surface area contributed by atoms with E-state index in [0.717, 1.165) is 13.0 Å². The van der Waals surface area contributed by atoms with E-state index in [9.17, 15) is 9.90 Å². The Hall–Kier alpha value is -0.650. The van der Waals surface area contributed by atoms with Gasteiger partial charge in [-0.25, -0.2) is 0 Å². The Morgan fingerprint density at radius 1 is 1.56 bits per heavy atom. The Balaban J connectivity index is 2.48. The van der Waals surface area contributed by atoms with Crippen LogP contribution < -0.4 is 5.73 Å². The molecule has 1 rings (SSSR count). The maximum atomic E-state index is 12.2. The molecule has 0 spiro atoms. The summed E-state index contributed by atoms with van der Waals surface area (Å²) in [5.74, 6) is 0.535. The van der Waals surface area contributed by atoms with Crippen molar-refractivity contribution in [1.29, 1.82) is 0 Å². The van der Waals surface area contributed by atoms with Crippen LogP contribution in [0.4, 0.5) is 0 Å². The van der Waals surface area contributed by atoms with Gasteiger partial charge < -0.3 is 20.6 Å². The molecule has 106 valence electrons. The highest BCUT2D eigenvalue weighted by molar-refractivity contribution is 5.77. The molecule has 1 amide bonds. The highest BCUT2D eigenvalue weighted by Gasteiger charge is 2.34. The van der Waals surface area contributed by atoms with Gasteiger partial charge in [0.2, 0.25) is 5.91 Å². The second-order valence-electron chi connectivity index (χ2n) is 5.73. The minimum Gasteiger partial charge on any atom is -0.391 e. The maximum absolute atomic E-state index is 12.2. The van der Waals surface area contributed by atoms with Crippen LogP contribution in [0.5, 0.6) is 0 Å². The number of nitrogens with zero attached hydrogens (tertiary/aromatic N) is 2. The molecule has 5 nitrogen and oxygen atoms in total. The Morgan fingerprint density at radius 3 is 2.78 bits per heavy atom. The zero-order chi connectivity index (χ0) is 13.7. The summed E-state index contributed by atoms with van der Waals surface area (Å²) < 4.78 is 0. The van der Waals surface area contributed by atoms with Gasteiger partial charge in [-0.1, -0.05) is 6.92 Å². The number of amides is 1. The molecular formula is C13H27N3O2. The number of aliphatic hydroxyl groups is 1. The SMILES string of the molecule is CC(CN)CCC(=O)N1CC(O)CC1CN(C)C. The lowest BCUT2D eigenvalue weighted by Crippen LogP contribution is -2.41. The monoisotopic (exact) mass is 257 g/mol. The third-order valence-electron chi connectivity index (χ3n) is 3.54. The van der Waals surface area contributed by atoms with Gasteiger partial charge in [-0.15, -0.1) is 0 Å². The van der Waals surface area contributed by atoms with Gasteiger partial charge >= 0.3 is 0 Å². The molecule has 3 unspecified atom stereocenters. The standard InChI is InChI=1S/C13H27N3O2/c1-10(7-14)4-5-13(18)16-9-12(17)6-11(16)8-15(2)3/h10-12,17H,4-9,14H2,1-3H3. The smallest absolute Gasteiger partial charge is 0.222 e. The predicted octanol–water partition coefficient (Wildman–Crippen LogP) is -0.115. The lowest BCUT2D eigenvalue weighted by Gasteiger charge is -2.27. The van der Waals surface area contributed by atoms with E-state index < -0.39 is 0 Å². The van der Waals surface area contributed by atoms with E-state index in [1.807, 2.05) is 19.0 Å². The summed E-state index contributed by atoms with van der Waals surface area (Å²) in [5, 5.41) is 9.72. The summed E-state index contributed by atoms with van der Waals surface area (Å²) in [6, 6.07) is 0.149. The van der Waals surface area contributed by atoms with Crippen LogP contribution in [0.15, 0.2) is 0 Å². The Morgan fingerprint density at radius 2 is 2.22 bits per heavy atom. The second-order valence-corrected chi connectivity index (χ2v) is 5.73. The number of likely N-dealkylation sites (N-methyl/N-ethyl adjacent to an activating group) is 1. The van der Waals surface area contributed by atoms with E-state index in [0.29, 0.717) is 31.8 Å². The fourth-order valence-electron chi connectivity index (χ4n) is 2.42. The summed E-state index contributed by atoms with van der Waals surface area (Å²) in [5.41, 5.74) is 5.56. The zero-order valence-corrected chi connectivity index (χ0v) is 11.8. The van der Waals surface area contributed by atoms with Crippen LogP contribution in [-0.2, 0) is 4.79 Å². The van der Waals surface area contributed by atoms with Crippen molar-refractivity contribution in [2.45, 2.75) is 38.3 Å². The van der Waals surface area contributed by atoms with Gasteiger partial charge in [0.1, 0.15) is 0 Å². The normalized spacial score (nSPS) is 25.8. The molecule has 0 aromatic rings.